The minimum Gasteiger partial charge on any atom is -0.481 e. The van der Waals surface area contributed by atoms with Gasteiger partial charge in [-0.05, 0) is 5.56 Å². The molecule has 1 fully saturated rings. The lowest BCUT2D eigenvalue weighted by atomic mass is 10.1. The number of imide groups is 1. The van der Waals surface area contributed by atoms with Crippen LogP contribution in [0.5, 0.6) is 0 Å². The molecule has 1 saturated heterocycles. The maximum absolute atomic E-state index is 12.3. The maximum atomic E-state index is 12.3. The SMILES string of the molecule is CN1C(=O)NC(=O)C2C1N=C(SCC(=O)O)N2Cc1ccccc1. The molecule has 2 atom stereocenters. The number of rotatable bonds is 4. The summed E-state index contributed by atoms with van der Waals surface area (Å²) in [6.07, 6.45) is -0.647. The lowest BCUT2D eigenvalue weighted by molar-refractivity contribution is -0.134. The average molecular weight is 348 g/mol. The highest BCUT2D eigenvalue weighted by atomic mass is 32.2. The molecular formula is C15H16N4O4S. The highest BCUT2D eigenvalue weighted by Crippen LogP contribution is 2.29. The number of fused-ring (bicyclic) bond motifs is 1. The van der Waals surface area contributed by atoms with E-state index in [2.05, 4.69) is 10.3 Å². The van der Waals surface area contributed by atoms with Crippen molar-refractivity contribution < 1.29 is 19.5 Å². The molecule has 2 unspecified atom stereocenters. The van der Waals surface area contributed by atoms with Crippen LogP contribution in [0.15, 0.2) is 35.3 Å². The topological polar surface area (TPSA) is 102 Å². The molecule has 2 aliphatic heterocycles. The fourth-order valence-corrected chi connectivity index (χ4v) is 3.47. The van der Waals surface area contributed by atoms with E-state index in [0.717, 1.165) is 17.3 Å². The van der Waals surface area contributed by atoms with Crippen LogP contribution < -0.4 is 5.32 Å². The van der Waals surface area contributed by atoms with Crippen molar-refractivity contribution in [1.82, 2.24) is 15.1 Å². The van der Waals surface area contributed by atoms with Crippen LogP contribution in [-0.4, -0.2) is 63.0 Å². The van der Waals surface area contributed by atoms with Crippen molar-refractivity contribution >= 4 is 34.8 Å². The Morgan fingerprint density at radius 2 is 2.04 bits per heavy atom. The van der Waals surface area contributed by atoms with Gasteiger partial charge < -0.3 is 14.9 Å². The van der Waals surface area contributed by atoms with E-state index in [1.807, 2.05) is 30.3 Å². The third-order valence-electron chi connectivity index (χ3n) is 3.84. The van der Waals surface area contributed by atoms with E-state index in [0.29, 0.717) is 11.7 Å². The molecule has 0 aliphatic carbocycles. The highest BCUT2D eigenvalue weighted by Gasteiger charge is 2.48. The molecule has 2 heterocycles. The quantitative estimate of drug-likeness (QED) is 0.824. The number of thioether (sulfide) groups is 1. The van der Waals surface area contributed by atoms with Gasteiger partial charge in [0.2, 0.25) is 0 Å². The van der Waals surface area contributed by atoms with Crippen molar-refractivity contribution in [2.75, 3.05) is 12.8 Å². The molecular weight excluding hydrogens is 332 g/mol. The summed E-state index contributed by atoms with van der Waals surface area (Å²) in [6.45, 7) is 0.406. The van der Waals surface area contributed by atoms with E-state index in [9.17, 15) is 14.4 Å². The lowest BCUT2D eigenvalue weighted by Gasteiger charge is -2.36. The smallest absolute Gasteiger partial charge is 0.325 e. The number of likely N-dealkylation sites (N-methyl/N-ethyl adjacent to an activating group) is 1. The van der Waals surface area contributed by atoms with Gasteiger partial charge in [0, 0.05) is 13.6 Å². The third-order valence-corrected chi connectivity index (χ3v) is 4.83. The first-order chi connectivity index (χ1) is 11.5. The number of carbonyl (C=O) groups excluding carboxylic acids is 2. The van der Waals surface area contributed by atoms with Gasteiger partial charge in [-0.1, -0.05) is 42.1 Å². The number of nitrogens with zero attached hydrogens (tertiary/aromatic N) is 3. The summed E-state index contributed by atoms with van der Waals surface area (Å²) >= 11 is 1.05. The van der Waals surface area contributed by atoms with Gasteiger partial charge in [0.1, 0.15) is 0 Å². The van der Waals surface area contributed by atoms with E-state index in [-0.39, 0.29) is 5.75 Å². The molecule has 9 heteroatoms. The highest BCUT2D eigenvalue weighted by molar-refractivity contribution is 8.14. The van der Waals surface area contributed by atoms with Gasteiger partial charge in [-0.15, -0.1) is 0 Å². The first-order valence-electron chi connectivity index (χ1n) is 7.28. The van der Waals surface area contributed by atoms with Gasteiger partial charge in [0.15, 0.2) is 17.4 Å². The number of amidine groups is 1. The van der Waals surface area contributed by atoms with Crippen LogP contribution >= 0.6 is 11.8 Å². The molecule has 1 aromatic carbocycles. The summed E-state index contributed by atoms with van der Waals surface area (Å²) in [5.41, 5.74) is 0.967. The molecule has 1 aromatic rings. The zero-order valence-corrected chi connectivity index (χ0v) is 13.7. The van der Waals surface area contributed by atoms with Crippen LogP contribution in [0.25, 0.3) is 0 Å². The Bertz CT molecular complexity index is 709. The second-order valence-corrected chi connectivity index (χ2v) is 6.41. The van der Waals surface area contributed by atoms with Crippen LogP contribution in [0.2, 0.25) is 0 Å². The summed E-state index contributed by atoms with van der Waals surface area (Å²) in [4.78, 5) is 42.5. The predicted octanol–water partition coefficient (Wildman–Crippen LogP) is 0.552. The van der Waals surface area contributed by atoms with Crippen molar-refractivity contribution in [3.8, 4) is 0 Å². The Kier molecular flexibility index (Phi) is 4.43. The predicted molar refractivity (Wildman–Crippen MR) is 88.4 cm³/mol. The fraction of sp³-hybridized carbons (Fsp3) is 0.333. The summed E-state index contributed by atoms with van der Waals surface area (Å²) in [6, 6.07) is 8.34. The second-order valence-electron chi connectivity index (χ2n) is 5.47. The Hall–Kier alpha value is -2.55. The van der Waals surface area contributed by atoms with Crippen molar-refractivity contribution in [1.29, 1.82) is 0 Å². The monoisotopic (exact) mass is 348 g/mol. The molecule has 24 heavy (non-hydrogen) atoms. The Morgan fingerprint density at radius 1 is 1.33 bits per heavy atom. The number of urea groups is 1. The molecule has 0 bridgehead atoms. The van der Waals surface area contributed by atoms with Crippen LogP contribution in [0.3, 0.4) is 0 Å². The number of aliphatic carboxylic acids is 1. The number of hydrogen-bond acceptors (Lipinski definition) is 6. The summed E-state index contributed by atoms with van der Waals surface area (Å²) in [5, 5.41) is 11.7. The van der Waals surface area contributed by atoms with Gasteiger partial charge in [0.05, 0.1) is 5.75 Å². The fourth-order valence-electron chi connectivity index (χ4n) is 2.69. The molecule has 126 valence electrons. The van der Waals surface area contributed by atoms with E-state index >= 15 is 0 Å². The molecule has 0 saturated carbocycles. The first-order valence-corrected chi connectivity index (χ1v) is 8.26. The Morgan fingerprint density at radius 3 is 2.71 bits per heavy atom. The van der Waals surface area contributed by atoms with Crippen molar-refractivity contribution in [3.05, 3.63) is 35.9 Å². The summed E-state index contributed by atoms with van der Waals surface area (Å²) in [7, 11) is 1.56. The van der Waals surface area contributed by atoms with E-state index in [1.54, 1.807) is 11.9 Å². The van der Waals surface area contributed by atoms with Crippen LogP contribution in [-0.2, 0) is 16.1 Å². The normalized spacial score (nSPS) is 23.0. The first kappa shape index (κ1) is 16.3. The molecule has 0 radical (unpaired) electrons. The number of nitrogens with one attached hydrogen (secondary N) is 1. The molecule has 8 nitrogen and oxygen atoms in total. The molecule has 0 spiro atoms. The number of carboxylic acid groups (broad SMARTS) is 1. The minimum absolute atomic E-state index is 0.164. The number of aliphatic imine (C=N–C) groups is 1. The Balaban J connectivity index is 1.89. The van der Waals surface area contributed by atoms with E-state index in [1.165, 1.54) is 4.90 Å². The summed E-state index contributed by atoms with van der Waals surface area (Å²) < 4.78 is 0. The van der Waals surface area contributed by atoms with Crippen molar-refractivity contribution in [2.45, 2.75) is 18.8 Å². The summed E-state index contributed by atoms with van der Waals surface area (Å²) in [5.74, 6) is -1.55. The lowest BCUT2D eigenvalue weighted by Crippen LogP contribution is -2.63. The standard InChI is InChI=1S/C15H16N4O4S/c1-18-12-11(13(22)17-14(18)23)19(7-9-5-3-2-4-6-9)15(16-12)24-8-10(20)21/h2-6,11-12H,7-8H2,1H3,(H,20,21)(H,17,22,23). The number of carbonyl (C=O) groups is 3. The average Bonchev–Trinajstić information content (AvgIpc) is 2.91. The van der Waals surface area contributed by atoms with Crippen LogP contribution in [0, 0.1) is 0 Å². The van der Waals surface area contributed by atoms with Crippen molar-refractivity contribution in [2.24, 2.45) is 4.99 Å². The molecule has 2 aliphatic rings. The van der Waals surface area contributed by atoms with Gasteiger partial charge in [-0.25, -0.2) is 9.79 Å². The van der Waals surface area contributed by atoms with Gasteiger partial charge >= 0.3 is 12.0 Å². The van der Waals surface area contributed by atoms with Crippen molar-refractivity contribution in [3.63, 3.8) is 0 Å². The molecule has 0 aromatic heterocycles. The van der Waals surface area contributed by atoms with Gasteiger partial charge in [0.25, 0.3) is 5.91 Å². The minimum atomic E-state index is -0.967. The van der Waals surface area contributed by atoms with Crippen LogP contribution in [0.1, 0.15) is 5.56 Å². The van der Waals surface area contributed by atoms with Crippen LogP contribution in [0.4, 0.5) is 4.79 Å². The van der Waals surface area contributed by atoms with Gasteiger partial charge in [-0.2, -0.15) is 0 Å². The number of carboxylic acids is 1. The number of hydrogen-bond donors (Lipinski definition) is 2. The van der Waals surface area contributed by atoms with E-state index in [4.69, 9.17) is 5.11 Å². The number of benzene rings is 1. The largest absolute Gasteiger partial charge is 0.481 e. The molecule has 3 rings (SSSR count). The van der Waals surface area contributed by atoms with Gasteiger partial charge in [-0.3, -0.25) is 14.9 Å². The zero-order chi connectivity index (χ0) is 17.3. The van der Waals surface area contributed by atoms with E-state index < -0.39 is 30.1 Å². The third kappa shape index (κ3) is 3.07. The maximum Gasteiger partial charge on any atom is 0.325 e. The zero-order valence-electron chi connectivity index (χ0n) is 12.9. The molecule has 3 amide bonds. The molecule has 2 N–H and O–H groups in total. The Labute approximate surface area is 142 Å². The number of amides is 3. The second kappa shape index (κ2) is 6.52.